The molecule has 0 bridgehead atoms. The van der Waals surface area contributed by atoms with Crippen molar-refractivity contribution in [3.63, 3.8) is 0 Å². The molecule has 2 aromatic rings. The van der Waals surface area contributed by atoms with Gasteiger partial charge in [0.1, 0.15) is 0 Å². The number of aromatic amines is 1. The average Bonchev–Trinajstić information content (AvgIpc) is 2.78. The molecular formula is C13H16N4O. The molecule has 1 aromatic heterocycles. The number of carbonyl (C=O) groups is 1. The SMILES string of the molecule is Cc1[nH]ncc1C(=O)Nc1ccc(CCN)cc1. The van der Waals surface area contributed by atoms with Crippen LogP contribution in [0.4, 0.5) is 5.69 Å². The number of aromatic nitrogens is 2. The summed E-state index contributed by atoms with van der Waals surface area (Å²) in [5.74, 6) is -0.159. The van der Waals surface area contributed by atoms with Gasteiger partial charge < -0.3 is 11.1 Å². The summed E-state index contributed by atoms with van der Waals surface area (Å²) in [5, 5.41) is 9.38. The minimum absolute atomic E-state index is 0.159. The lowest BCUT2D eigenvalue weighted by Crippen LogP contribution is -2.12. The number of anilines is 1. The Bertz CT molecular complexity index is 530. The molecule has 0 unspecified atom stereocenters. The van der Waals surface area contributed by atoms with Gasteiger partial charge in [0.05, 0.1) is 11.8 Å². The first-order valence-corrected chi connectivity index (χ1v) is 5.81. The molecule has 94 valence electrons. The molecule has 0 atom stereocenters. The van der Waals surface area contributed by atoms with E-state index >= 15 is 0 Å². The predicted octanol–water partition coefficient (Wildman–Crippen LogP) is 1.47. The van der Waals surface area contributed by atoms with Crippen molar-refractivity contribution in [1.29, 1.82) is 0 Å². The maximum atomic E-state index is 11.9. The van der Waals surface area contributed by atoms with Gasteiger partial charge in [-0.15, -0.1) is 0 Å². The van der Waals surface area contributed by atoms with Crippen LogP contribution in [-0.2, 0) is 6.42 Å². The Hall–Kier alpha value is -2.14. The number of nitrogens with one attached hydrogen (secondary N) is 2. The zero-order valence-electron chi connectivity index (χ0n) is 10.2. The van der Waals surface area contributed by atoms with Crippen molar-refractivity contribution in [3.8, 4) is 0 Å². The van der Waals surface area contributed by atoms with Gasteiger partial charge in [0.2, 0.25) is 0 Å². The van der Waals surface area contributed by atoms with E-state index in [9.17, 15) is 4.79 Å². The Labute approximate surface area is 105 Å². The van der Waals surface area contributed by atoms with Gasteiger partial charge in [-0.3, -0.25) is 9.89 Å². The number of benzene rings is 1. The van der Waals surface area contributed by atoms with Crippen molar-refractivity contribution < 1.29 is 4.79 Å². The molecule has 1 heterocycles. The third-order valence-electron chi connectivity index (χ3n) is 2.72. The van der Waals surface area contributed by atoms with Crippen LogP contribution in [0.25, 0.3) is 0 Å². The van der Waals surface area contributed by atoms with Crippen LogP contribution in [0.15, 0.2) is 30.5 Å². The lowest BCUT2D eigenvalue weighted by Gasteiger charge is -2.05. The van der Waals surface area contributed by atoms with Gasteiger partial charge in [-0.1, -0.05) is 12.1 Å². The maximum absolute atomic E-state index is 11.9. The summed E-state index contributed by atoms with van der Waals surface area (Å²) in [6, 6.07) is 7.67. The Morgan fingerprint density at radius 2 is 2.11 bits per heavy atom. The lowest BCUT2D eigenvalue weighted by atomic mass is 10.1. The van der Waals surface area contributed by atoms with Crippen molar-refractivity contribution in [3.05, 3.63) is 47.3 Å². The van der Waals surface area contributed by atoms with Gasteiger partial charge in [0, 0.05) is 11.4 Å². The number of H-pyrrole nitrogens is 1. The molecule has 0 aliphatic carbocycles. The fourth-order valence-electron chi connectivity index (χ4n) is 1.70. The zero-order chi connectivity index (χ0) is 13.0. The zero-order valence-corrected chi connectivity index (χ0v) is 10.2. The maximum Gasteiger partial charge on any atom is 0.259 e. The second-order valence-corrected chi connectivity index (χ2v) is 4.10. The average molecular weight is 244 g/mol. The van der Waals surface area contributed by atoms with Crippen LogP contribution in [-0.4, -0.2) is 22.6 Å². The first-order chi connectivity index (χ1) is 8.70. The lowest BCUT2D eigenvalue weighted by molar-refractivity contribution is 0.102. The first kappa shape index (κ1) is 12.3. The first-order valence-electron chi connectivity index (χ1n) is 5.81. The summed E-state index contributed by atoms with van der Waals surface area (Å²) in [5.41, 5.74) is 8.72. The molecule has 18 heavy (non-hydrogen) atoms. The minimum Gasteiger partial charge on any atom is -0.330 e. The van der Waals surface area contributed by atoms with Crippen LogP contribution in [0.3, 0.4) is 0 Å². The number of nitrogens with two attached hydrogens (primary N) is 1. The molecule has 0 radical (unpaired) electrons. The number of aryl methyl sites for hydroxylation is 1. The fraction of sp³-hybridized carbons (Fsp3) is 0.231. The van der Waals surface area contributed by atoms with Crippen LogP contribution < -0.4 is 11.1 Å². The van der Waals surface area contributed by atoms with Gasteiger partial charge in [-0.2, -0.15) is 5.10 Å². The second-order valence-electron chi connectivity index (χ2n) is 4.10. The van der Waals surface area contributed by atoms with Crippen molar-refractivity contribution in [1.82, 2.24) is 10.2 Å². The van der Waals surface area contributed by atoms with Crippen LogP contribution in [0.5, 0.6) is 0 Å². The van der Waals surface area contributed by atoms with Crippen LogP contribution >= 0.6 is 0 Å². The van der Waals surface area contributed by atoms with Gasteiger partial charge in [-0.25, -0.2) is 0 Å². The molecule has 1 aromatic carbocycles. The molecule has 0 aliphatic heterocycles. The minimum atomic E-state index is -0.159. The largest absolute Gasteiger partial charge is 0.330 e. The normalized spacial score (nSPS) is 10.3. The topological polar surface area (TPSA) is 83.8 Å². The highest BCUT2D eigenvalue weighted by Crippen LogP contribution is 2.12. The fourth-order valence-corrected chi connectivity index (χ4v) is 1.70. The molecule has 0 fully saturated rings. The molecule has 5 nitrogen and oxygen atoms in total. The van der Waals surface area contributed by atoms with E-state index < -0.39 is 0 Å². The van der Waals surface area contributed by atoms with E-state index in [0.29, 0.717) is 12.1 Å². The van der Waals surface area contributed by atoms with Crippen molar-refractivity contribution in [2.75, 3.05) is 11.9 Å². The van der Waals surface area contributed by atoms with Crippen LogP contribution in [0, 0.1) is 6.92 Å². The highest BCUT2D eigenvalue weighted by atomic mass is 16.1. The Balaban J connectivity index is 2.05. The summed E-state index contributed by atoms with van der Waals surface area (Å²) in [7, 11) is 0. The number of nitrogens with zero attached hydrogens (tertiary/aromatic N) is 1. The molecule has 5 heteroatoms. The molecule has 2 rings (SSSR count). The third-order valence-corrected chi connectivity index (χ3v) is 2.72. The van der Waals surface area contributed by atoms with E-state index in [2.05, 4.69) is 15.5 Å². The van der Waals surface area contributed by atoms with E-state index in [-0.39, 0.29) is 5.91 Å². The van der Waals surface area contributed by atoms with Gasteiger partial charge in [0.15, 0.2) is 0 Å². The summed E-state index contributed by atoms with van der Waals surface area (Å²) >= 11 is 0. The quantitative estimate of drug-likeness (QED) is 0.761. The van der Waals surface area contributed by atoms with E-state index in [1.165, 1.54) is 6.20 Å². The second kappa shape index (κ2) is 5.46. The molecule has 0 saturated heterocycles. The molecule has 1 amide bonds. The molecule has 4 N–H and O–H groups in total. The van der Waals surface area contributed by atoms with E-state index in [4.69, 9.17) is 5.73 Å². The number of amides is 1. The summed E-state index contributed by atoms with van der Waals surface area (Å²) < 4.78 is 0. The molecule has 0 saturated carbocycles. The number of hydrogen-bond donors (Lipinski definition) is 3. The van der Waals surface area contributed by atoms with Gasteiger partial charge >= 0.3 is 0 Å². The molecular weight excluding hydrogens is 228 g/mol. The number of rotatable bonds is 4. The van der Waals surface area contributed by atoms with Crippen molar-refractivity contribution in [2.45, 2.75) is 13.3 Å². The Kier molecular flexibility index (Phi) is 3.74. The highest BCUT2D eigenvalue weighted by Gasteiger charge is 2.10. The summed E-state index contributed by atoms with van der Waals surface area (Å²) in [6.45, 7) is 2.44. The summed E-state index contributed by atoms with van der Waals surface area (Å²) in [4.78, 5) is 11.9. The predicted molar refractivity (Wildman–Crippen MR) is 70.5 cm³/mol. The van der Waals surface area contributed by atoms with E-state index in [0.717, 1.165) is 23.4 Å². The van der Waals surface area contributed by atoms with Crippen molar-refractivity contribution >= 4 is 11.6 Å². The van der Waals surface area contributed by atoms with E-state index in [1.54, 1.807) is 0 Å². The van der Waals surface area contributed by atoms with Gasteiger partial charge in [-0.05, 0) is 37.6 Å². The Morgan fingerprint density at radius 1 is 1.39 bits per heavy atom. The van der Waals surface area contributed by atoms with E-state index in [1.807, 2.05) is 31.2 Å². The smallest absolute Gasteiger partial charge is 0.259 e. The standard InChI is InChI=1S/C13H16N4O/c1-9-12(8-15-17-9)13(18)16-11-4-2-10(3-5-11)6-7-14/h2-5,8H,6-7,14H2,1H3,(H,15,17)(H,16,18). The number of hydrogen-bond acceptors (Lipinski definition) is 3. The summed E-state index contributed by atoms with van der Waals surface area (Å²) in [6.07, 6.45) is 2.36. The van der Waals surface area contributed by atoms with Crippen molar-refractivity contribution in [2.24, 2.45) is 5.73 Å². The molecule has 0 spiro atoms. The van der Waals surface area contributed by atoms with Crippen LogP contribution in [0.1, 0.15) is 21.6 Å². The monoisotopic (exact) mass is 244 g/mol. The highest BCUT2D eigenvalue weighted by molar-refractivity contribution is 6.04. The van der Waals surface area contributed by atoms with Gasteiger partial charge in [0.25, 0.3) is 5.91 Å². The van der Waals surface area contributed by atoms with Crippen LogP contribution in [0.2, 0.25) is 0 Å². The Morgan fingerprint density at radius 3 is 2.67 bits per heavy atom. The third kappa shape index (κ3) is 2.75. The molecule has 0 aliphatic rings. The number of carbonyl (C=O) groups excluding carboxylic acids is 1.